The first kappa shape index (κ1) is 13.4. The zero-order chi connectivity index (χ0) is 14.7. The van der Waals surface area contributed by atoms with Gasteiger partial charge in [-0.25, -0.2) is 0 Å². The van der Waals surface area contributed by atoms with Gasteiger partial charge in [0.05, 0.1) is 0 Å². The third-order valence-corrected chi connectivity index (χ3v) is 3.42. The van der Waals surface area contributed by atoms with Crippen LogP contribution in [-0.2, 0) is 12.8 Å². The van der Waals surface area contributed by atoms with E-state index in [0.29, 0.717) is 17.4 Å². The summed E-state index contributed by atoms with van der Waals surface area (Å²) in [6, 6.07) is 16.0. The van der Waals surface area contributed by atoms with Crippen molar-refractivity contribution in [2.45, 2.75) is 19.8 Å². The number of nitrogens with two attached hydrogens (primary N) is 1. The quantitative estimate of drug-likeness (QED) is 0.743. The van der Waals surface area contributed by atoms with E-state index in [1.165, 1.54) is 11.1 Å². The molecule has 106 valence electrons. The molecule has 0 aliphatic carbocycles. The maximum atomic E-state index is 5.92. The topological polar surface area (TPSA) is 64.9 Å². The number of hydrogen-bond acceptors (Lipinski definition) is 4. The summed E-state index contributed by atoms with van der Waals surface area (Å²) in [5, 5.41) is 4.01. The average molecular weight is 279 g/mol. The average Bonchev–Trinajstić information content (AvgIpc) is 2.96. The fraction of sp³-hybridized carbons (Fsp3) is 0.176. The molecule has 1 aromatic heterocycles. The molecule has 0 saturated carbocycles. The van der Waals surface area contributed by atoms with E-state index >= 15 is 0 Å². The molecule has 2 N–H and O–H groups in total. The van der Waals surface area contributed by atoms with Crippen molar-refractivity contribution in [2.24, 2.45) is 0 Å². The van der Waals surface area contributed by atoms with E-state index in [4.69, 9.17) is 10.3 Å². The maximum absolute atomic E-state index is 5.92. The van der Waals surface area contributed by atoms with Crippen LogP contribution in [0.15, 0.2) is 53.1 Å². The molecule has 0 unspecified atom stereocenters. The monoisotopic (exact) mass is 279 g/mol. The molecular weight excluding hydrogens is 262 g/mol. The first-order valence-corrected chi connectivity index (χ1v) is 6.95. The van der Waals surface area contributed by atoms with Crippen LogP contribution in [0.2, 0.25) is 0 Å². The molecule has 0 saturated heterocycles. The second-order valence-electron chi connectivity index (χ2n) is 5.08. The summed E-state index contributed by atoms with van der Waals surface area (Å²) in [4.78, 5) is 4.42. The summed E-state index contributed by atoms with van der Waals surface area (Å²) in [5.74, 6) is 1.18. The van der Waals surface area contributed by atoms with Gasteiger partial charge >= 0.3 is 0 Å². The lowest BCUT2D eigenvalue weighted by atomic mass is 10.1. The van der Waals surface area contributed by atoms with Crippen LogP contribution < -0.4 is 5.73 Å². The predicted octanol–water partition coefficient (Wildman–Crippen LogP) is 3.41. The van der Waals surface area contributed by atoms with E-state index in [2.05, 4.69) is 41.3 Å². The van der Waals surface area contributed by atoms with Gasteiger partial charge in [0, 0.05) is 17.7 Å². The Kier molecular flexibility index (Phi) is 3.69. The van der Waals surface area contributed by atoms with Crippen LogP contribution in [0.4, 0.5) is 5.69 Å². The van der Waals surface area contributed by atoms with Gasteiger partial charge in [-0.2, -0.15) is 4.98 Å². The molecule has 0 atom stereocenters. The normalized spacial score (nSPS) is 10.7. The lowest BCUT2D eigenvalue weighted by molar-refractivity contribution is 0.379. The molecule has 0 radical (unpaired) electrons. The van der Waals surface area contributed by atoms with Crippen LogP contribution in [0.5, 0.6) is 0 Å². The van der Waals surface area contributed by atoms with Gasteiger partial charge in [-0.15, -0.1) is 0 Å². The van der Waals surface area contributed by atoms with Crippen LogP contribution in [0.3, 0.4) is 0 Å². The largest absolute Gasteiger partial charge is 0.398 e. The van der Waals surface area contributed by atoms with E-state index in [1.54, 1.807) is 0 Å². The van der Waals surface area contributed by atoms with Gasteiger partial charge in [0.1, 0.15) is 0 Å². The van der Waals surface area contributed by atoms with Crippen molar-refractivity contribution < 1.29 is 4.52 Å². The van der Waals surface area contributed by atoms with Gasteiger partial charge in [-0.05, 0) is 31.0 Å². The molecule has 0 spiro atoms. The Morgan fingerprint density at radius 2 is 1.76 bits per heavy atom. The van der Waals surface area contributed by atoms with Crippen molar-refractivity contribution in [2.75, 3.05) is 5.73 Å². The molecule has 2 aromatic carbocycles. The van der Waals surface area contributed by atoms with E-state index in [1.807, 2.05) is 24.3 Å². The highest BCUT2D eigenvalue weighted by molar-refractivity contribution is 5.70. The Balaban J connectivity index is 1.71. The molecule has 0 aliphatic heterocycles. The highest BCUT2D eigenvalue weighted by Gasteiger charge is 2.10. The van der Waals surface area contributed by atoms with Crippen molar-refractivity contribution in [3.05, 3.63) is 65.5 Å². The van der Waals surface area contributed by atoms with Crippen LogP contribution >= 0.6 is 0 Å². The Bertz CT molecular complexity index is 732. The zero-order valence-electron chi connectivity index (χ0n) is 11.9. The minimum absolute atomic E-state index is 0.548. The first-order chi connectivity index (χ1) is 10.2. The third-order valence-electron chi connectivity index (χ3n) is 3.42. The lowest BCUT2D eigenvalue weighted by Crippen LogP contribution is -1.93. The van der Waals surface area contributed by atoms with Crippen molar-refractivity contribution >= 4 is 5.69 Å². The smallest absolute Gasteiger partial charge is 0.227 e. The van der Waals surface area contributed by atoms with Gasteiger partial charge in [0.2, 0.25) is 11.7 Å². The Labute approximate surface area is 123 Å². The number of benzene rings is 2. The molecule has 4 heteroatoms. The minimum Gasteiger partial charge on any atom is -0.398 e. The zero-order valence-corrected chi connectivity index (χ0v) is 11.9. The van der Waals surface area contributed by atoms with Gasteiger partial charge in [0.25, 0.3) is 0 Å². The van der Waals surface area contributed by atoms with Crippen LogP contribution in [-0.4, -0.2) is 10.1 Å². The van der Waals surface area contributed by atoms with Crippen molar-refractivity contribution in [1.29, 1.82) is 0 Å². The van der Waals surface area contributed by atoms with Crippen LogP contribution in [0.25, 0.3) is 11.4 Å². The number of anilines is 1. The SMILES string of the molecule is Cc1ccc(CCc2nc(-c3ccccc3N)no2)cc1. The summed E-state index contributed by atoms with van der Waals surface area (Å²) < 4.78 is 5.30. The van der Waals surface area contributed by atoms with Gasteiger partial charge < -0.3 is 10.3 Å². The van der Waals surface area contributed by atoms with E-state index < -0.39 is 0 Å². The van der Waals surface area contributed by atoms with Crippen LogP contribution in [0, 0.1) is 6.92 Å². The lowest BCUT2D eigenvalue weighted by Gasteiger charge is -1.99. The summed E-state index contributed by atoms with van der Waals surface area (Å²) >= 11 is 0. The molecular formula is C17H17N3O. The van der Waals surface area contributed by atoms with Crippen molar-refractivity contribution in [3.63, 3.8) is 0 Å². The van der Waals surface area contributed by atoms with Crippen LogP contribution in [0.1, 0.15) is 17.0 Å². The fourth-order valence-corrected chi connectivity index (χ4v) is 2.17. The number of nitrogens with zero attached hydrogens (tertiary/aromatic N) is 2. The number of aromatic nitrogens is 2. The third kappa shape index (κ3) is 3.11. The second kappa shape index (κ2) is 5.79. The second-order valence-corrected chi connectivity index (χ2v) is 5.08. The maximum Gasteiger partial charge on any atom is 0.227 e. The summed E-state index contributed by atoms with van der Waals surface area (Å²) in [6.45, 7) is 2.08. The fourth-order valence-electron chi connectivity index (χ4n) is 2.17. The van der Waals surface area contributed by atoms with Crippen molar-refractivity contribution in [3.8, 4) is 11.4 Å². The van der Waals surface area contributed by atoms with Gasteiger partial charge in [-0.1, -0.05) is 47.1 Å². The minimum atomic E-state index is 0.548. The Morgan fingerprint density at radius 1 is 1.00 bits per heavy atom. The number of rotatable bonds is 4. The number of nitrogen functional groups attached to an aromatic ring is 1. The van der Waals surface area contributed by atoms with E-state index in [9.17, 15) is 0 Å². The Hall–Kier alpha value is -2.62. The summed E-state index contributed by atoms with van der Waals surface area (Å²) in [5.41, 5.74) is 9.91. The van der Waals surface area contributed by atoms with Crippen molar-refractivity contribution in [1.82, 2.24) is 10.1 Å². The summed E-state index contributed by atoms with van der Waals surface area (Å²) in [7, 11) is 0. The van der Waals surface area contributed by atoms with E-state index in [0.717, 1.165) is 18.4 Å². The Morgan fingerprint density at radius 3 is 2.52 bits per heavy atom. The molecule has 0 fully saturated rings. The highest BCUT2D eigenvalue weighted by atomic mass is 16.5. The molecule has 0 bridgehead atoms. The highest BCUT2D eigenvalue weighted by Crippen LogP contribution is 2.22. The molecule has 3 rings (SSSR count). The van der Waals surface area contributed by atoms with Gasteiger partial charge in [0.15, 0.2) is 0 Å². The molecule has 21 heavy (non-hydrogen) atoms. The predicted molar refractivity (Wildman–Crippen MR) is 82.7 cm³/mol. The summed E-state index contributed by atoms with van der Waals surface area (Å²) in [6.07, 6.45) is 1.61. The molecule has 3 aromatic rings. The first-order valence-electron chi connectivity index (χ1n) is 6.95. The standard InChI is InChI=1S/C17H17N3O/c1-12-6-8-13(9-7-12)10-11-16-19-17(20-21-16)14-4-2-3-5-15(14)18/h2-9H,10-11,18H2,1H3. The number of para-hydroxylation sites is 1. The molecule has 1 heterocycles. The molecule has 4 nitrogen and oxygen atoms in total. The molecule has 0 aliphatic rings. The van der Waals surface area contributed by atoms with Gasteiger partial charge in [-0.3, -0.25) is 0 Å². The molecule has 0 amide bonds. The number of hydrogen-bond donors (Lipinski definition) is 1. The van der Waals surface area contributed by atoms with E-state index in [-0.39, 0.29) is 0 Å². The number of aryl methyl sites for hydroxylation is 3.